The van der Waals surface area contributed by atoms with Gasteiger partial charge in [0.25, 0.3) is 0 Å². The number of ether oxygens (including phenoxy) is 1. The lowest BCUT2D eigenvalue weighted by Crippen LogP contribution is -2.48. The molecule has 29 heavy (non-hydrogen) atoms. The Kier molecular flexibility index (Phi) is 5.24. The molecule has 2 aromatic heterocycles. The van der Waals surface area contributed by atoms with Crippen molar-refractivity contribution in [1.82, 2.24) is 24.2 Å². The lowest BCUT2D eigenvalue weighted by molar-refractivity contribution is -0.119. The summed E-state index contributed by atoms with van der Waals surface area (Å²) in [6.07, 6.45) is 1.10. The van der Waals surface area contributed by atoms with E-state index in [-0.39, 0.29) is 18.0 Å². The number of amides is 1. The van der Waals surface area contributed by atoms with Gasteiger partial charge in [-0.2, -0.15) is 4.31 Å². The zero-order valence-corrected chi connectivity index (χ0v) is 16.4. The maximum absolute atomic E-state index is 12.4. The van der Waals surface area contributed by atoms with Gasteiger partial charge in [-0.25, -0.2) is 18.2 Å². The van der Waals surface area contributed by atoms with Crippen molar-refractivity contribution in [3.8, 4) is 5.75 Å². The maximum Gasteiger partial charge on any atom is 0.325 e. The molecule has 1 amide bonds. The first-order valence-corrected chi connectivity index (χ1v) is 10.9. The smallest absolute Gasteiger partial charge is 0.325 e. The van der Waals surface area contributed by atoms with Crippen molar-refractivity contribution in [1.29, 1.82) is 0 Å². The van der Waals surface area contributed by atoms with E-state index in [1.807, 2.05) is 6.07 Å². The summed E-state index contributed by atoms with van der Waals surface area (Å²) in [7, 11) is -3.36. The third kappa shape index (κ3) is 4.25. The highest BCUT2D eigenvalue weighted by Gasteiger charge is 2.25. The van der Waals surface area contributed by atoms with Gasteiger partial charge in [0.1, 0.15) is 5.75 Å². The molecule has 1 aliphatic rings. The molecule has 11 heteroatoms. The molecule has 154 valence electrons. The topological polar surface area (TPSA) is 128 Å². The fourth-order valence-electron chi connectivity index (χ4n) is 3.34. The summed E-state index contributed by atoms with van der Waals surface area (Å²) in [5, 5.41) is 0.811. The fraction of sp³-hybridized carbons (Fsp3) is 0.389. The van der Waals surface area contributed by atoms with Gasteiger partial charge in [-0.05, 0) is 30.7 Å². The lowest BCUT2D eigenvalue weighted by Gasteiger charge is -2.31. The van der Waals surface area contributed by atoms with Crippen LogP contribution in [0.1, 0.15) is 6.42 Å². The van der Waals surface area contributed by atoms with Gasteiger partial charge in [0.15, 0.2) is 5.65 Å². The van der Waals surface area contributed by atoms with Crippen molar-refractivity contribution >= 4 is 38.5 Å². The number of rotatable bonds is 7. The molecule has 0 saturated carbocycles. The Balaban J connectivity index is 1.34. The number of pyridine rings is 1. The molecular formula is C18H21N5O5S. The zero-order valence-electron chi connectivity index (χ0n) is 15.6. The van der Waals surface area contributed by atoms with Gasteiger partial charge in [0.05, 0.1) is 23.4 Å². The largest absolute Gasteiger partial charge is 0.494 e. The lowest BCUT2D eigenvalue weighted by atomic mass is 10.2. The average molecular weight is 419 g/mol. The van der Waals surface area contributed by atoms with Crippen LogP contribution in [0.5, 0.6) is 5.75 Å². The van der Waals surface area contributed by atoms with Crippen LogP contribution in [0.3, 0.4) is 0 Å². The van der Waals surface area contributed by atoms with Crippen molar-refractivity contribution in [2.75, 3.05) is 38.5 Å². The second-order valence-corrected chi connectivity index (χ2v) is 8.97. The minimum atomic E-state index is -3.36. The molecule has 2 N–H and O–H groups in total. The highest BCUT2D eigenvalue weighted by molar-refractivity contribution is 7.89. The Labute approximate surface area is 166 Å². The molecular weight excluding hydrogens is 398 g/mol. The van der Waals surface area contributed by atoms with Gasteiger partial charge in [0.2, 0.25) is 16.4 Å². The number of nitrogens with zero attached hydrogens (tertiary/aromatic N) is 3. The second kappa shape index (κ2) is 7.84. The number of carbonyl (C=O) groups is 1. The van der Waals surface area contributed by atoms with Crippen LogP contribution in [-0.2, 0) is 14.8 Å². The van der Waals surface area contributed by atoms with Gasteiger partial charge in [0, 0.05) is 31.6 Å². The van der Waals surface area contributed by atoms with E-state index in [1.165, 1.54) is 4.31 Å². The Morgan fingerprint density at radius 2 is 1.93 bits per heavy atom. The van der Waals surface area contributed by atoms with Crippen LogP contribution in [0.15, 0.2) is 29.1 Å². The number of sulfonamides is 1. The molecule has 1 aliphatic heterocycles. The average Bonchev–Trinajstić information content (AvgIpc) is 3.08. The highest BCUT2D eigenvalue weighted by atomic mass is 32.2. The molecule has 0 unspecified atom stereocenters. The first-order valence-electron chi connectivity index (χ1n) is 9.27. The minimum absolute atomic E-state index is 0.00552. The number of aromatic amines is 2. The summed E-state index contributed by atoms with van der Waals surface area (Å²) in [5.41, 5.74) is 1.51. The summed E-state index contributed by atoms with van der Waals surface area (Å²) in [6, 6.07) is 7.17. The van der Waals surface area contributed by atoms with E-state index in [4.69, 9.17) is 4.74 Å². The Morgan fingerprint density at radius 1 is 1.14 bits per heavy atom. The SMILES string of the molecule is O=CN1CCN(S(=O)(=O)CCCOc2ccc3nc4[nH]c(=O)[nH]c4cc3c2)CC1. The van der Waals surface area contributed by atoms with E-state index in [0.29, 0.717) is 49.5 Å². The summed E-state index contributed by atoms with van der Waals surface area (Å²) >= 11 is 0. The first-order chi connectivity index (χ1) is 13.9. The van der Waals surface area contributed by atoms with Crippen LogP contribution in [0.4, 0.5) is 0 Å². The normalized spacial score (nSPS) is 15.8. The number of carbonyl (C=O) groups excluding carboxylic acids is 1. The first kappa shape index (κ1) is 19.4. The number of aromatic nitrogens is 3. The molecule has 0 radical (unpaired) electrons. The number of benzene rings is 1. The van der Waals surface area contributed by atoms with E-state index in [1.54, 1.807) is 23.1 Å². The molecule has 0 aliphatic carbocycles. The number of hydrogen-bond donors (Lipinski definition) is 2. The summed E-state index contributed by atoms with van der Waals surface area (Å²) in [4.78, 5) is 33.4. The molecule has 0 bridgehead atoms. The Morgan fingerprint density at radius 3 is 2.69 bits per heavy atom. The molecule has 3 heterocycles. The fourth-order valence-corrected chi connectivity index (χ4v) is 4.80. The van der Waals surface area contributed by atoms with Crippen LogP contribution in [-0.4, -0.2) is 77.5 Å². The van der Waals surface area contributed by atoms with Crippen molar-refractivity contribution in [3.05, 3.63) is 34.7 Å². The van der Waals surface area contributed by atoms with Gasteiger partial charge in [-0.3, -0.25) is 9.78 Å². The quantitative estimate of drug-likeness (QED) is 0.418. The van der Waals surface area contributed by atoms with E-state index >= 15 is 0 Å². The van der Waals surface area contributed by atoms with Crippen LogP contribution in [0.25, 0.3) is 22.1 Å². The number of nitrogens with one attached hydrogen (secondary N) is 2. The highest BCUT2D eigenvalue weighted by Crippen LogP contribution is 2.22. The number of imidazole rings is 1. The molecule has 10 nitrogen and oxygen atoms in total. The standard InChI is InChI=1S/C18H21N5O5S/c24-12-22-4-6-23(7-5-22)29(26,27)9-1-8-28-14-2-3-15-13(10-14)11-16-17(19-15)21-18(25)20-16/h2-3,10-12H,1,4-9H2,(H2,19,20,21,25). The molecule has 1 fully saturated rings. The molecule has 3 aromatic rings. The molecule has 1 aromatic carbocycles. The van der Waals surface area contributed by atoms with Crippen molar-refractivity contribution in [3.63, 3.8) is 0 Å². The Bertz CT molecular complexity index is 1190. The number of hydrogen-bond acceptors (Lipinski definition) is 6. The van der Waals surface area contributed by atoms with Crippen LogP contribution >= 0.6 is 0 Å². The van der Waals surface area contributed by atoms with Crippen molar-refractivity contribution < 1.29 is 17.9 Å². The van der Waals surface area contributed by atoms with Crippen molar-refractivity contribution in [2.24, 2.45) is 0 Å². The van der Waals surface area contributed by atoms with Crippen molar-refractivity contribution in [2.45, 2.75) is 6.42 Å². The van der Waals surface area contributed by atoms with E-state index < -0.39 is 10.0 Å². The molecule has 0 atom stereocenters. The summed E-state index contributed by atoms with van der Waals surface area (Å²) in [5.74, 6) is 0.600. The van der Waals surface area contributed by atoms with Crippen LogP contribution in [0.2, 0.25) is 0 Å². The number of H-pyrrole nitrogens is 2. The van der Waals surface area contributed by atoms with Gasteiger partial charge in [-0.1, -0.05) is 0 Å². The van der Waals surface area contributed by atoms with Crippen LogP contribution < -0.4 is 10.4 Å². The monoisotopic (exact) mass is 419 g/mol. The van der Waals surface area contributed by atoms with E-state index in [2.05, 4.69) is 15.0 Å². The maximum atomic E-state index is 12.4. The molecule has 1 saturated heterocycles. The number of fused-ring (bicyclic) bond motifs is 2. The zero-order chi connectivity index (χ0) is 20.4. The second-order valence-electron chi connectivity index (χ2n) is 6.88. The van der Waals surface area contributed by atoms with Gasteiger partial charge < -0.3 is 14.6 Å². The predicted molar refractivity (Wildman–Crippen MR) is 107 cm³/mol. The summed E-state index contributed by atoms with van der Waals surface area (Å²) < 4.78 is 32.0. The van der Waals surface area contributed by atoms with Gasteiger partial charge in [-0.15, -0.1) is 0 Å². The predicted octanol–water partition coefficient (Wildman–Crippen LogP) is 0.277. The molecule has 0 spiro atoms. The van der Waals surface area contributed by atoms with Gasteiger partial charge >= 0.3 is 5.69 Å². The summed E-state index contributed by atoms with van der Waals surface area (Å²) in [6.45, 7) is 1.76. The number of piperazine rings is 1. The van der Waals surface area contributed by atoms with E-state index in [0.717, 1.165) is 17.3 Å². The Hall–Kier alpha value is -2.92. The minimum Gasteiger partial charge on any atom is -0.494 e. The van der Waals surface area contributed by atoms with Crippen LogP contribution in [0, 0.1) is 0 Å². The molecule has 4 rings (SSSR count). The third-order valence-corrected chi connectivity index (χ3v) is 6.85. The van der Waals surface area contributed by atoms with E-state index in [9.17, 15) is 18.0 Å². The third-order valence-electron chi connectivity index (χ3n) is 4.90.